The fraction of sp³-hybridized carbons (Fsp3) is 0.481. The molecule has 4 aromatic rings. The maximum absolute atomic E-state index is 13.9. The van der Waals surface area contributed by atoms with E-state index in [0.717, 1.165) is 23.3 Å². The third-order valence-corrected chi connectivity index (χ3v) is 11.8. The van der Waals surface area contributed by atoms with E-state index in [1.54, 1.807) is 31.2 Å². The van der Waals surface area contributed by atoms with Crippen molar-refractivity contribution in [1.82, 2.24) is 0 Å². The van der Waals surface area contributed by atoms with Gasteiger partial charge in [-0.05, 0) is 138 Å². The molecule has 0 bridgehead atoms. The molecular formula is C54H62Cl2F6O11. The molecule has 73 heavy (non-hydrogen) atoms. The van der Waals surface area contributed by atoms with Crippen LogP contribution in [0.15, 0.2) is 60.7 Å². The average molecular weight is 1070 g/mol. The van der Waals surface area contributed by atoms with E-state index in [4.69, 9.17) is 57.1 Å². The number of hydrogen-bond acceptors (Lipinski definition) is 10. The lowest BCUT2D eigenvalue weighted by atomic mass is 9.99. The molecule has 6 rings (SSSR count). The Labute approximate surface area is 431 Å². The number of carbonyl (C=O) groups is 4. The average Bonchev–Trinajstić information content (AvgIpc) is 3.77. The van der Waals surface area contributed by atoms with E-state index in [0.29, 0.717) is 76.8 Å². The second kappa shape index (κ2) is 25.6. The molecule has 19 heteroatoms. The first-order valence-electron chi connectivity index (χ1n) is 23.5. The fourth-order valence-corrected chi connectivity index (χ4v) is 8.49. The number of esters is 1. The van der Waals surface area contributed by atoms with Crippen molar-refractivity contribution in [2.75, 3.05) is 13.2 Å². The van der Waals surface area contributed by atoms with Gasteiger partial charge in [0.25, 0.3) is 0 Å². The van der Waals surface area contributed by atoms with E-state index in [-0.39, 0.29) is 67.9 Å². The lowest BCUT2D eigenvalue weighted by Crippen LogP contribution is -2.25. The summed E-state index contributed by atoms with van der Waals surface area (Å²) in [5.74, 6) is -2.37. The highest BCUT2D eigenvalue weighted by Gasteiger charge is 2.38. The molecule has 0 aromatic heterocycles. The van der Waals surface area contributed by atoms with Crippen molar-refractivity contribution >= 4 is 46.7 Å². The predicted molar refractivity (Wildman–Crippen MR) is 263 cm³/mol. The molecule has 2 unspecified atom stereocenters. The Hall–Kier alpha value is -5.52. The van der Waals surface area contributed by atoms with Crippen molar-refractivity contribution in [3.63, 3.8) is 0 Å². The number of ether oxygens (including phenoxy) is 5. The third kappa shape index (κ3) is 18.7. The summed E-state index contributed by atoms with van der Waals surface area (Å²) < 4.78 is 111. The number of alkyl halides is 6. The first-order chi connectivity index (χ1) is 33.9. The topological polar surface area (TPSA) is 155 Å². The number of rotatable bonds is 19. The Balaban J connectivity index is 0.000000283. The van der Waals surface area contributed by atoms with Gasteiger partial charge >= 0.3 is 24.3 Å². The molecule has 0 fully saturated rings. The first kappa shape index (κ1) is 60.0. The second-order valence-corrected chi connectivity index (χ2v) is 20.3. The number of aliphatic carboxylic acids is 1. The van der Waals surface area contributed by atoms with E-state index < -0.39 is 58.5 Å². The zero-order valence-corrected chi connectivity index (χ0v) is 43.5. The lowest BCUT2D eigenvalue weighted by Gasteiger charge is -2.19. The zero-order chi connectivity index (χ0) is 54.6. The number of hydrogen-bond donors (Lipinski definition) is 2. The van der Waals surface area contributed by atoms with Crippen LogP contribution in [-0.2, 0) is 75.2 Å². The van der Waals surface area contributed by atoms with Crippen LogP contribution in [0.1, 0.15) is 126 Å². The number of aliphatic hydroxyl groups is 1. The molecular weight excluding hydrogens is 1010 g/mol. The number of Topliss-reactive ketones (excluding diaryl/α,β-unsaturated/α-hetero) is 2. The molecule has 0 amide bonds. The quantitative estimate of drug-likeness (QED) is 0.0524. The Morgan fingerprint density at radius 1 is 0.658 bits per heavy atom. The SMILES string of the molecule is CC(=O)CCCO.CC(=O)CCCOC(=O)C(C)Cc1ccc(OCc2cc(Cl)cc3c2OC(C)(C)C3)c(C(F)(F)F)c1.CC(Cc1ccc(OCc2cc(Cl)cc3c2OC(C)(C)C3)c(C(F)(F)F)c1)C(=O)O. The van der Waals surface area contributed by atoms with Gasteiger partial charge in [0.2, 0.25) is 0 Å². The van der Waals surface area contributed by atoms with Crippen molar-refractivity contribution in [2.24, 2.45) is 11.8 Å². The summed E-state index contributed by atoms with van der Waals surface area (Å²) in [5, 5.41) is 18.1. The summed E-state index contributed by atoms with van der Waals surface area (Å²) in [6.07, 6.45) is -6.13. The standard InChI is InChI=1S/C27H30ClF3O5.C22H22ClF3O4.C5H10O2/c1-16(25(33)34-9-5-6-17(2)32)10-18-7-8-23(22(11-18)27(29,30)31)35-15-20-13-21(28)12-19-14-26(3,4)36-24(19)20;1-12(20(27)28)6-13-4-5-18(17(7-13)22(24,25)26)29-11-15-9-16(23)8-14-10-21(2,3)30-19(14)15;1-5(7)3-2-4-6/h7-8,11-13,16H,5-6,9-10,14-15H2,1-4H3;4-5,7-9,12H,6,10-11H2,1-3H3,(H,27,28);6H,2-4H2,1H3. The molecule has 0 spiro atoms. The number of aliphatic hydroxyl groups excluding tert-OH is 1. The fourth-order valence-electron chi connectivity index (χ4n) is 7.96. The predicted octanol–water partition coefficient (Wildman–Crippen LogP) is 13.0. The summed E-state index contributed by atoms with van der Waals surface area (Å²) in [6.45, 7) is 13.6. The lowest BCUT2D eigenvalue weighted by molar-refractivity contribution is -0.148. The van der Waals surface area contributed by atoms with Crippen LogP contribution in [0.25, 0.3) is 0 Å². The van der Waals surface area contributed by atoms with Gasteiger partial charge in [0.05, 0.1) is 29.6 Å². The van der Waals surface area contributed by atoms with Crippen LogP contribution in [0.4, 0.5) is 26.3 Å². The number of benzene rings is 4. The third-order valence-electron chi connectivity index (χ3n) is 11.4. The minimum Gasteiger partial charge on any atom is -0.488 e. The van der Waals surface area contributed by atoms with Gasteiger partial charge < -0.3 is 43.5 Å². The molecule has 2 N–H and O–H groups in total. The number of carboxylic acids is 1. The van der Waals surface area contributed by atoms with Gasteiger partial charge in [0.1, 0.15) is 59.0 Å². The highest BCUT2D eigenvalue weighted by Crippen LogP contribution is 2.44. The van der Waals surface area contributed by atoms with Crippen molar-refractivity contribution in [3.05, 3.63) is 115 Å². The molecule has 11 nitrogen and oxygen atoms in total. The van der Waals surface area contributed by atoms with Crippen LogP contribution in [0.2, 0.25) is 10.0 Å². The van der Waals surface area contributed by atoms with Gasteiger partial charge in [-0.1, -0.05) is 49.2 Å². The number of halogens is 8. The van der Waals surface area contributed by atoms with Gasteiger partial charge in [-0.25, -0.2) is 0 Å². The summed E-state index contributed by atoms with van der Waals surface area (Å²) >= 11 is 12.4. The van der Waals surface area contributed by atoms with Crippen LogP contribution < -0.4 is 18.9 Å². The monoisotopic (exact) mass is 1070 g/mol. The van der Waals surface area contributed by atoms with Crippen molar-refractivity contribution in [2.45, 2.75) is 144 Å². The van der Waals surface area contributed by atoms with Crippen LogP contribution >= 0.6 is 23.2 Å². The van der Waals surface area contributed by atoms with E-state index in [2.05, 4.69) is 0 Å². The maximum Gasteiger partial charge on any atom is 0.419 e. The minimum absolute atomic E-state index is 0.00259. The largest absolute Gasteiger partial charge is 0.488 e. The van der Waals surface area contributed by atoms with Gasteiger partial charge in [-0.3, -0.25) is 9.59 Å². The Bertz CT molecular complexity index is 2590. The van der Waals surface area contributed by atoms with E-state index >= 15 is 0 Å². The van der Waals surface area contributed by atoms with Crippen LogP contribution in [-0.4, -0.2) is 58.1 Å². The number of ketones is 2. The summed E-state index contributed by atoms with van der Waals surface area (Å²) in [7, 11) is 0. The molecule has 0 aliphatic carbocycles. The first-order valence-corrected chi connectivity index (χ1v) is 24.3. The van der Waals surface area contributed by atoms with Crippen LogP contribution in [0.5, 0.6) is 23.0 Å². The molecule has 2 aliphatic rings. The van der Waals surface area contributed by atoms with Gasteiger partial charge in [-0.15, -0.1) is 0 Å². The van der Waals surface area contributed by atoms with Crippen molar-refractivity contribution < 1.29 is 79.4 Å². The molecule has 0 saturated carbocycles. The van der Waals surface area contributed by atoms with E-state index in [1.807, 2.05) is 27.7 Å². The molecule has 4 aromatic carbocycles. The maximum atomic E-state index is 13.9. The molecule has 0 saturated heterocycles. The van der Waals surface area contributed by atoms with Crippen molar-refractivity contribution in [3.8, 4) is 23.0 Å². The van der Waals surface area contributed by atoms with E-state index in [9.17, 15) is 45.5 Å². The molecule has 400 valence electrons. The summed E-state index contributed by atoms with van der Waals surface area (Å²) in [6, 6.07) is 14.2. The second-order valence-electron chi connectivity index (χ2n) is 19.5. The van der Waals surface area contributed by atoms with Crippen LogP contribution in [0, 0.1) is 11.8 Å². The molecule has 2 atom stereocenters. The highest BCUT2D eigenvalue weighted by molar-refractivity contribution is 6.31. The number of carbonyl (C=O) groups excluding carboxylic acids is 3. The summed E-state index contributed by atoms with van der Waals surface area (Å²) in [5.41, 5.74) is 0.781. The Morgan fingerprint density at radius 3 is 1.44 bits per heavy atom. The Kier molecular flexibility index (Phi) is 21.1. The van der Waals surface area contributed by atoms with E-state index in [1.165, 1.54) is 45.0 Å². The van der Waals surface area contributed by atoms with Crippen molar-refractivity contribution in [1.29, 1.82) is 0 Å². The number of carboxylic acid groups (broad SMARTS) is 1. The van der Waals surface area contributed by atoms with Gasteiger partial charge in [-0.2, -0.15) is 26.3 Å². The minimum atomic E-state index is -4.66. The normalized spacial score (nSPS) is 14.9. The van der Waals surface area contributed by atoms with Gasteiger partial charge in [0.15, 0.2) is 0 Å². The van der Waals surface area contributed by atoms with Gasteiger partial charge in [0, 0.05) is 53.5 Å². The zero-order valence-electron chi connectivity index (χ0n) is 42.0. The summed E-state index contributed by atoms with van der Waals surface area (Å²) in [4.78, 5) is 44.3. The number of fused-ring (bicyclic) bond motifs is 2. The molecule has 2 aliphatic heterocycles. The molecule has 2 heterocycles. The van der Waals surface area contributed by atoms with Crippen LogP contribution in [0.3, 0.4) is 0 Å². The molecule has 0 radical (unpaired) electrons. The highest BCUT2D eigenvalue weighted by atomic mass is 35.5. The smallest absolute Gasteiger partial charge is 0.419 e. The Morgan fingerprint density at radius 2 is 1.07 bits per heavy atom.